The number of amides is 2. The van der Waals surface area contributed by atoms with Crippen LogP contribution in [0, 0.1) is 18.6 Å². The van der Waals surface area contributed by atoms with Crippen molar-refractivity contribution in [3.8, 4) is 0 Å². The van der Waals surface area contributed by atoms with Gasteiger partial charge in [0.25, 0.3) is 5.91 Å². The standard InChI is InChI=1S/C13H11F2N3O2S2/c1-6-12(21-5-10(16)19)22-13(17-6)18-11(20)8-3-2-7(14)4-9(8)15/h2-4H,5H2,1H3,(H2,16,19)(H,17,18,20). The number of nitrogens with two attached hydrogens (primary N) is 1. The van der Waals surface area contributed by atoms with Crippen LogP contribution in [0.25, 0.3) is 0 Å². The number of anilines is 1. The number of carbonyl (C=O) groups excluding carboxylic acids is 2. The van der Waals surface area contributed by atoms with Crippen molar-refractivity contribution in [3.05, 3.63) is 41.1 Å². The zero-order valence-corrected chi connectivity index (χ0v) is 13.0. The fourth-order valence-electron chi connectivity index (χ4n) is 1.54. The molecule has 2 rings (SSSR count). The van der Waals surface area contributed by atoms with Crippen LogP contribution in [0.2, 0.25) is 0 Å². The fourth-order valence-corrected chi connectivity index (χ4v) is 3.42. The van der Waals surface area contributed by atoms with Crippen molar-refractivity contribution in [2.75, 3.05) is 11.1 Å². The van der Waals surface area contributed by atoms with Crippen molar-refractivity contribution in [3.63, 3.8) is 0 Å². The topological polar surface area (TPSA) is 85.1 Å². The van der Waals surface area contributed by atoms with E-state index in [9.17, 15) is 18.4 Å². The summed E-state index contributed by atoms with van der Waals surface area (Å²) in [7, 11) is 0. The summed E-state index contributed by atoms with van der Waals surface area (Å²) in [5.41, 5.74) is 5.42. The first kappa shape index (κ1) is 16.4. The molecule has 22 heavy (non-hydrogen) atoms. The maximum Gasteiger partial charge on any atom is 0.260 e. The van der Waals surface area contributed by atoms with Crippen LogP contribution in [-0.4, -0.2) is 22.6 Å². The number of aromatic nitrogens is 1. The smallest absolute Gasteiger partial charge is 0.260 e. The molecule has 0 saturated heterocycles. The summed E-state index contributed by atoms with van der Waals surface area (Å²) in [5, 5.41) is 2.71. The molecule has 1 aromatic heterocycles. The maximum absolute atomic E-state index is 13.5. The van der Waals surface area contributed by atoms with Gasteiger partial charge in [0.2, 0.25) is 5.91 Å². The monoisotopic (exact) mass is 343 g/mol. The molecule has 0 saturated carbocycles. The summed E-state index contributed by atoms with van der Waals surface area (Å²) in [6, 6.07) is 2.69. The Morgan fingerprint density at radius 3 is 2.77 bits per heavy atom. The van der Waals surface area contributed by atoms with Crippen LogP contribution in [0.3, 0.4) is 0 Å². The number of nitrogens with zero attached hydrogens (tertiary/aromatic N) is 1. The number of nitrogens with one attached hydrogen (secondary N) is 1. The van der Waals surface area contributed by atoms with Crippen molar-refractivity contribution in [1.82, 2.24) is 4.98 Å². The number of benzene rings is 1. The SMILES string of the molecule is Cc1nc(NC(=O)c2ccc(F)cc2F)sc1SCC(N)=O. The molecule has 116 valence electrons. The van der Waals surface area contributed by atoms with E-state index in [4.69, 9.17) is 5.73 Å². The van der Waals surface area contributed by atoms with Crippen molar-refractivity contribution >= 4 is 40.0 Å². The minimum atomic E-state index is -0.950. The lowest BCUT2D eigenvalue weighted by Gasteiger charge is -2.02. The van der Waals surface area contributed by atoms with Gasteiger partial charge >= 0.3 is 0 Å². The third-order valence-electron chi connectivity index (χ3n) is 2.50. The fraction of sp³-hybridized carbons (Fsp3) is 0.154. The first-order valence-electron chi connectivity index (χ1n) is 6.01. The van der Waals surface area contributed by atoms with Crippen molar-refractivity contribution in [1.29, 1.82) is 0 Å². The second kappa shape index (κ2) is 6.84. The molecule has 0 aliphatic heterocycles. The van der Waals surface area contributed by atoms with E-state index >= 15 is 0 Å². The average molecular weight is 343 g/mol. The van der Waals surface area contributed by atoms with Crippen molar-refractivity contribution in [2.45, 2.75) is 11.1 Å². The molecule has 0 aliphatic carbocycles. The molecule has 5 nitrogen and oxygen atoms in total. The van der Waals surface area contributed by atoms with Crippen LogP contribution in [-0.2, 0) is 4.79 Å². The van der Waals surface area contributed by atoms with Gasteiger partial charge in [-0.2, -0.15) is 0 Å². The number of hydrogen-bond acceptors (Lipinski definition) is 5. The van der Waals surface area contributed by atoms with Gasteiger partial charge in [0.1, 0.15) is 11.6 Å². The van der Waals surface area contributed by atoms with Gasteiger partial charge < -0.3 is 5.73 Å². The Labute approximate surface area is 132 Å². The molecule has 0 spiro atoms. The lowest BCUT2D eigenvalue weighted by Crippen LogP contribution is -2.13. The summed E-state index contributed by atoms with van der Waals surface area (Å²) in [4.78, 5) is 26.8. The minimum absolute atomic E-state index is 0.100. The second-order valence-corrected chi connectivity index (χ2v) is 6.47. The number of rotatable bonds is 5. The number of thioether (sulfide) groups is 1. The molecular weight excluding hydrogens is 332 g/mol. The van der Waals surface area contributed by atoms with Gasteiger partial charge in [-0.25, -0.2) is 13.8 Å². The number of carbonyl (C=O) groups is 2. The molecule has 0 radical (unpaired) electrons. The third-order valence-corrected chi connectivity index (χ3v) is 4.95. The van der Waals surface area contributed by atoms with E-state index in [0.29, 0.717) is 11.8 Å². The third kappa shape index (κ3) is 4.01. The van der Waals surface area contributed by atoms with E-state index in [0.717, 1.165) is 27.7 Å². The molecule has 1 heterocycles. The van der Waals surface area contributed by atoms with Gasteiger partial charge in [0.15, 0.2) is 5.13 Å². The Bertz CT molecular complexity index is 734. The van der Waals surface area contributed by atoms with E-state index < -0.39 is 23.4 Å². The van der Waals surface area contributed by atoms with E-state index in [-0.39, 0.29) is 16.4 Å². The second-order valence-electron chi connectivity index (χ2n) is 4.23. The van der Waals surface area contributed by atoms with Gasteiger partial charge in [-0.3, -0.25) is 14.9 Å². The van der Waals surface area contributed by atoms with Gasteiger partial charge in [0, 0.05) is 6.07 Å². The first-order chi connectivity index (χ1) is 10.4. The average Bonchev–Trinajstić information content (AvgIpc) is 2.76. The highest BCUT2D eigenvalue weighted by Gasteiger charge is 2.16. The van der Waals surface area contributed by atoms with E-state index in [1.54, 1.807) is 6.92 Å². The van der Waals surface area contributed by atoms with Crippen LogP contribution in [0.5, 0.6) is 0 Å². The largest absolute Gasteiger partial charge is 0.369 e. The molecule has 0 aliphatic rings. The predicted molar refractivity (Wildman–Crippen MR) is 81.1 cm³/mol. The molecule has 0 unspecified atom stereocenters. The first-order valence-corrected chi connectivity index (χ1v) is 7.82. The number of halogens is 2. The Kier molecular flexibility index (Phi) is 5.09. The molecule has 0 atom stereocenters. The highest BCUT2D eigenvalue weighted by Crippen LogP contribution is 2.32. The van der Waals surface area contributed by atoms with Gasteiger partial charge in [-0.15, -0.1) is 11.8 Å². The van der Waals surface area contributed by atoms with Crippen LogP contribution in [0.15, 0.2) is 22.4 Å². The van der Waals surface area contributed by atoms with Gasteiger partial charge in [-0.05, 0) is 19.1 Å². The zero-order valence-electron chi connectivity index (χ0n) is 11.4. The van der Waals surface area contributed by atoms with E-state index in [1.165, 1.54) is 11.8 Å². The molecular formula is C13H11F2N3O2S2. The van der Waals surface area contributed by atoms with Gasteiger partial charge in [-0.1, -0.05) is 11.3 Å². The molecule has 0 fully saturated rings. The summed E-state index contributed by atoms with van der Waals surface area (Å²) < 4.78 is 27.1. The molecule has 9 heteroatoms. The zero-order chi connectivity index (χ0) is 16.3. The Hall–Kier alpha value is -2.00. The highest BCUT2D eigenvalue weighted by atomic mass is 32.2. The normalized spacial score (nSPS) is 10.5. The number of thiazole rings is 1. The number of primary amides is 1. The Morgan fingerprint density at radius 2 is 2.14 bits per heavy atom. The summed E-state index contributed by atoms with van der Waals surface area (Å²) in [6.45, 7) is 1.72. The van der Waals surface area contributed by atoms with Crippen LogP contribution < -0.4 is 11.1 Å². The predicted octanol–water partition coefficient (Wildman–Crippen LogP) is 2.56. The minimum Gasteiger partial charge on any atom is -0.369 e. The highest BCUT2D eigenvalue weighted by molar-refractivity contribution is 8.01. The molecule has 3 N–H and O–H groups in total. The van der Waals surface area contributed by atoms with Crippen LogP contribution >= 0.6 is 23.1 Å². The lowest BCUT2D eigenvalue weighted by molar-refractivity contribution is -0.115. The van der Waals surface area contributed by atoms with Crippen LogP contribution in [0.1, 0.15) is 16.1 Å². The molecule has 0 bridgehead atoms. The number of hydrogen-bond donors (Lipinski definition) is 2. The van der Waals surface area contributed by atoms with Crippen molar-refractivity contribution in [2.24, 2.45) is 5.73 Å². The van der Waals surface area contributed by atoms with Crippen molar-refractivity contribution < 1.29 is 18.4 Å². The Balaban J connectivity index is 2.11. The summed E-state index contributed by atoms with van der Waals surface area (Å²) in [5.74, 6) is -2.80. The van der Waals surface area contributed by atoms with Gasteiger partial charge in [0.05, 0.1) is 21.2 Å². The van der Waals surface area contributed by atoms with Crippen LogP contribution in [0.4, 0.5) is 13.9 Å². The quantitative estimate of drug-likeness (QED) is 0.817. The van der Waals surface area contributed by atoms with E-state index in [2.05, 4.69) is 10.3 Å². The molecule has 2 aromatic rings. The molecule has 1 aromatic carbocycles. The Morgan fingerprint density at radius 1 is 1.41 bits per heavy atom. The van der Waals surface area contributed by atoms with E-state index in [1.807, 2.05) is 0 Å². The summed E-state index contributed by atoms with van der Waals surface area (Å²) in [6.07, 6.45) is 0. The maximum atomic E-state index is 13.5. The molecule has 2 amide bonds. The summed E-state index contributed by atoms with van der Waals surface area (Å²) >= 11 is 2.36. The number of aryl methyl sites for hydroxylation is 1. The lowest BCUT2D eigenvalue weighted by atomic mass is 10.2.